The first-order chi connectivity index (χ1) is 11.1. The molecule has 0 radical (unpaired) electrons. The van der Waals surface area contributed by atoms with Crippen molar-refractivity contribution in [3.8, 4) is 11.5 Å². The van der Waals surface area contributed by atoms with E-state index in [0.29, 0.717) is 12.1 Å². The first kappa shape index (κ1) is 17.2. The van der Waals surface area contributed by atoms with Gasteiger partial charge in [0.15, 0.2) is 0 Å². The Kier molecular flexibility index (Phi) is 6.33. The lowest BCUT2D eigenvalue weighted by Gasteiger charge is -2.14. The summed E-state index contributed by atoms with van der Waals surface area (Å²) in [4.78, 5) is 0. The second kappa shape index (κ2) is 8.47. The largest absolute Gasteiger partial charge is 0.457 e. The first-order valence-corrected chi connectivity index (χ1v) is 8.51. The predicted molar refractivity (Wildman–Crippen MR) is 99.7 cm³/mol. The van der Waals surface area contributed by atoms with Gasteiger partial charge >= 0.3 is 0 Å². The van der Waals surface area contributed by atoms with E-state index in [1.54, 1.807) is 0 Å². The Balaban J connectivity index is 1.94. The van der Waals surface area contributed by atoms with E-state index in [-0.39, 0.29) is 0 Å². The summed E-state index contributed by atoms with van der Waals surface area (Å²) in [5, 5.41) is 6.90. The number of ether oxygens (including phenoxy) is 1. The summed E-state index contributed by atoms with van der Waals surface area (Å²) < 4.78 is 5.90. The van der Waals surface area contributed by atoms with Crippen molar-refractivity contribution in [2.75, 3.05) is 10.6 Å². The fourth-order valence-electron chi connectivity index (χ4n) is 2.15. The standard InChI is InChI=1S/C20H28N2O/c1-5-15(3)21-17-7-11-19(12-8-17)23-20-13-9-18(10-14-20)22-16(4)6-2/h7-16,21-22H,5-6H2,1-4H3. The van der Waals surface area contributed by atoms with Crippen LogP contribution in [0.3, 0.4) is 0 Å². The third-order valence-electron chi connectivity index (χ3n) is 4.00. The van der Waals surface area contributed by atoms with Crippen molar-refractivity contribution in [3.63, 3.8) is 0 Å². The van der Waals surface area contributed by atoms with Crippen LogP contribution in [0.1, 0.15) is 40.5 Å². The number of hydrogen-bond donors (Lipinski definition) is 2. The van der Waals surface area contributed by atoms with Gasteiger partial charge in [0.2, 0.25) is 0 Å². The van der Waals surface area contributed by atoms with Gasteiger partial charge in [-0.3, -0.25) is 0 Å². The Morgan fingerprint density at radius 2 is 1.04 bits per heavy atom. The third kappa shape index (κ3) is 5.51. The van der Waals surface area contributed by atoms with Crippen molar-refractivity contribution >= 4 is 11.4 Å². The average molecular weight is 312 g/mol. The smallest absolute Gasteiger partial charge is 0.127 e. The molecule has 0 amide bonds. The fraction of sp³-hybridized carbons (Fsp3) is 0.400. The lowest BCUT2D eigenvalue weighted by atomic mass is 10.2. The maximum Gasteiger partial charge on any atom is 0.127 e. The zero-order chi connectivity index (χ0) is 16.7. The highest BCUT2D eigenvalue weighted by molar-refractivity contribution is 5.50. The molecule has 0 aromatic heterocycles. The molecular formula is C20H28N2O. The second-order valence-electron chi connectivity index (χ2n) is 6.06. The molecule has 2 aromatic carbocycles. The minimum absolute atomic E-state index is 0.479. The third-order valence-corrected chi connectivity index (χ3v) is 4.00. The molecule has 0 bridgehead atoms. The Morgan fingerprint density at radius 3 is 1.35 bits per heavy atom. The Labute approximate surface area is 140 Å². The maximum absolute atomic E-state index is 5.90. The molecule has 2 aromatic rings. The molecule has 23 heavy (non-hydrogen) atoms. The number of nitrogens with one attached hydrogen (secondary N) is 2. The molecule has 0 aliphatic heterocycles. The summed E-state index contributed by atoms with van der Waals surface area (Å²) >= 11 is 0. The molecule has 2 rings (SSSR count). The number of hydrogen-bond acceptors (Lipinski definition) is 3. The average Bonchev–Trinajstić information content (AvgIpc) is 2.58. The van der Waals surface area contributed by atoms with Crippen LogP contribution >= 0.6 is 0 Å². The lowest BCUT2D eigenvalue weighted by molar-refractivity contribution is 0.483. The Hall–Kier alpha value is -2.16. The molecule has 0 aliphatic carbocycles. The summed E-state index contributed by atoms with van der Waals surface area (Å²) in [5.74, 6) is 1.70. The van der Waals surface area contributed by atoms with Crippen LogP contribution in [0, 0.1) is 0 Å². The van der Waals surface area contributed by atoms with Crippen LogP contribution in [0.5, 0.6) is 11.5 Å². The quantitative estimate of drug-likeness (QED) is 0.636. The number of rotatable bonds is 8. The highest BCUT2D eigenvalue weighted by Gasteiger charge is 2.02. The number of benzene rings is 2. The predicted octanol–water partition coefficient (Wildman–Crippen LogP) is 5.90. The van der Waals surface area contributed by atoms with Gasteiger partial charge in [0.1, 0.15) is 11.5 Å². The molecule has 0 saturated carbocycles. The minimum Gasteiger partial charge on any atom is -0.457 e. The summed E-state index contributed by atoms with van der Waals surface area (Å²) in [6.45, 7) is 8.71. The topological polar surface area (TPSA) is 33.3 Å². The lowest BCUT2D eigenvalue weighted by Crippen LogP contribution is -2.13. The zero-order valence-corrected chi connectivity index (χ0v) is 14.6. The minimum atomic E-state index is 0.479. The van der Waals surface area contributed by atoms with Crippen LogP contribution in [0.25, 0.3) is 0 Å². The van der Waals surface area contributed by atoms with Crippen LogP contribution in [0.2, 0.25) is 0 Å². The van der Waals surface area contributed by atoms with E-state index in [2.05, 4.69) is 62.6 Å². The van der Waals surface area contributed by atoms with Gasteiger partial charge in [-0.1, -0.05) is 13.8 Å². The van der Waals surface area contributed by atoms with Gasteiger partial charge in [-0.15, -0.1) is 0 Å². The van der Waals surface area contributed by atoms with Gasteiger partial charge in [-0.05, 0) is 75.2 Å². The highest BCUT2D eigenvalue weighted by atomic mass is 16.5. The molecule has 3 heteroatoms. The summed E-state index contributed by atoms with van der Waals surface area (Å²) in [6, 6.07) is 17.2. The van der Waals surface area contributed by atoms with Gasteiger partial charge < -0.3 is 15.4 Å². The highest BCUT2D eigenvalue weighted by Crippen LogP contribution is 2.25. The Morgan fingerprint density at radius 1 is 0.696 bits per heavy atom. The van der Waals surface area contributed by atoms with Crippen LogP contribution in [-0.4, -0.2) is 12.1 Å². The van der Waals surface area contributed by atoms with Crippen molar-refractivity contribution in [1.29, 1.82) is 0 Å². The van der Waals surface area contributed by atoms with E-state index >= 15 is 0 Å². The van der Waals surface area contributed by atoms with Crippen molar-refractivity contribution in [1.82, 2.24) is 0 Å². The molecule has 2 unspecified atom stereocenters. The van der Waals surface area contributed by atoms with Gasteiger partial charge in [0, 0.05) is 23.5 Å². The zero-order valence-electron chi connectivity index (χ0n) is 14.6. The van der Waals surface area contributed by atoms with Crippen LogP contribution in [0.4, 0.5) is 11.4 Å². The number of anilines is 2. The van der Waals surface area contributed by atoms with Crippen molar-refractivity contribution < 1.29 is 4.74 Å². The van der Waals surface area contributed by atoms with E-state index in [1.165, 1.54) is 0 Å². The van der Waals surface area contributed by atoms with E-state index in [1.807, 2.05) is 24.3 Å². The summed E-state index contributed by atoms with van der Waals surface area (Å²) in [7, 11) is 0. The van der Waals surface area contributed by atoms with Crippen molar-refractivity contribution in [2.45, 2.75) is 52.6 Å². The summed E-state index contributed by atoms with van der Waals surface area (Å²) in [6.07, 6.45) is 2.21. The van der Waals surface area contributed by atoms with Gasteiger partial charge in [0.05, 0.1) is 0 Å². The molecule has 124 valence electrons. The SMILES string of the molecule is CCC(C)Nc1ccc(Oc2ccc(NC(C)CC)cc2)cc1. The van der Waals surface area contributed by atoms with E-state index < -0.39 is 0 Å². The monoisotopic (exact) mass is 312 g/mol. The normalized spacial score (nSPS) is 13.2. The van der Waals surface area contributed by atoms with Crippen molar-refractivity contribution in [2.24, 2.45) is 0 Å². The molecule has 0 saturated heterocycles. The molecule has 3 nitrogen and oxygen atoms in total. The maximum atomic E-state index is 5.90. The molecule has 2 N–H and O–H groups in total. The van der Waals surface area contributed by atoms with Gasteiger partial charge in [-0.2, -0.15) is 0 Å². The fourth-order valence-corrected chi connectivity index (χ4v) is 2.15. The molecule has 0 heterocycles. The summed E-state index contributed by atoms with van der Waals surface area (Å²) in [5.41, 5.74) is 2.25. The van der Waals surface area contributed by atoms with Crippen LogP contribution < -0.4 is 15.4 Å². The molecule has 0 fully saturated rings. The van der Waals surface area contributed by atoms with Crippen LogP contribution in [-0.2, 0) is 0 Å². The first-order valence-electron chi connectivity index (χ1n) is 8.51. The molecule has 0 aliphatic rings. The molecule has 2 atom stereocenters. The van der Waals surface area contributed by atoms with E-state index in [9.17, 15) is 0 Å². The molecule has 0 spiro atoms. The Bertz CT molecular complexity index is 524. The van der Waals surface area contributed by atoms with E-state index in [4.69, 9.17) is 4.74 Å². The van der Waals surface area contributed by atoms with Gasteiger partial charge in [0.25, 0.3) is 0 Å². The van der Waals surface area contributed by atoms with Crippen molar-refractivity contribution in [3.05, 3.63) is 48.5 Å². The van der Waals surface area contributed by atoms with Crippen LogP contribution in [0.15, 0.2) is 48.5 Å². The second-order valence-corrected chi connectivity index (χ2v) is 6.06. The van der Waals surface area contributed by atoms with Gasteiger partial charge in [-0.25, -0.2) is 0 Å². The molecular weight excluding hydrogens is 284 g/mol. The van der Waals surface area contributed by atoms with E-state index in [0.717, 1.165) is 35.7 Å².